The molecule has 1 atom stereocenters. The Labute approximate surface area is 86.8 Å². The predicted molar refractivity (Wildman–Crippen MR) is 56.5 cm³/mol. The summed E-state index contributed by atoms with van der Waals surface area (Å²) in [5, 5.41) is 9.42. The maximum absolute atomic E-state index is 9.42. The van der Waals surface area contributed by atoms with E-state index in [9.17, 15) is 5.11 Å². The molecule has 0 aromatic rings. The lowest BCUT2D eigenvalue weighted by atomic mass is 10.3. The van der Waals surface area contributed by atoms with Crippen molar-refractivity contribution in [2.75, 3.05) is 47.1 Å². The van der Waals surface area contributed by atoms with E-state index in [0.717, 1.165) is 26.2 Å². The molecule has 0 amide bonds. The molecular formula is C10H23NO3. The van der Waals surface area contributed by atoms with Gasteiger partial charge < -0.3 is 19.5 Å². The van der Waals surface area contributed by atoms with E-state index < -0.39 is 6.10 Å². The molecule has 0 saturated heterocycles. The van der Waals surface area contributed by atoms with Crippen LogP contribution >= 0.6 is 0 Å². The monoisotopic (exact) mass is 205 g/mol. The van der Waals surface area contributed by atoms with Crippen LogP contribution in [0.1, 0.15) is 13.3 Å². The van der Waals surface area contributed by atoms with Gasteiger partial charge in [0.25, 0.3) is 0 Å². The van der Waals surface area contributed by atoms with Crippen molar-refractivity contribution >= 4 is 0 Å². The summed E-state index contributed by atoms with van der Waals surface area (Å²) in [5.41, 5.74) is 0. The molecule has 4 heteroatoms. The third-order valence-electron chi connectivity index (χ3n) is 1.91. The number of nitrogens with zero attached hydrogens (tertiary/aromatic N) is 1. The average molecular weight is 205 g/mol. The van der Waals surface area contributed by atoms with Crippen LogP contribution in [0.4, 0.5) is 0 Å². The van der Waals surface area contributed by atoms with E-state index in [0.29, 0.717) is 13.2 Å². The van der Waals surface area contributed by atoms with Gasteiger partial charge in [-0.25, -0.2) is 0 Å². The molecule has 0 spiro atoms. The van der Waals surface area contributed by atoms with Gasteiger partial charge in [0.1, 0.15) is 0 Å². The summed E-state index contributed by atoms with van der Waals surface area (Å²) in [7, 11) is 3.59. The van der Waals surface area contributed by atoms with E-state index in [4.69, 9.17) is 9.47 Å². The number of ether oxygens (including phenoxy) is 2. The largest absolute Gasteiger partial charge is 0.389 e. The zero-order chi connectivity index (χ0) is 10.8. The molecular weight excluding hydrogens is 182 g/mol. The second kappa shape index (κ2) is 9.40. The number of aliphatic hydroxyl groups is 1. The predicted octanol–water partition coefficient (Wildman–Crippen LogP) is 0.352. The Kier molecular flexibility index (Phi) is 9.29. The second-order valence-electron chi connectivity index (χ2n) is 3.42. The van der Waals surface area contributed by atoms with E-state index in [-0.39, 0.29) is 0 Å². The highest BCUT2D eigenvalue weighted by Gasteiger charge is 2.06. The number of hydrogen-bond donors (Lipinski definition) is 1. The molecule has 0 bridgehead atoms. The highest BCUT2D eigenvalue weighted by molar-refractivity contribution is 4.60. The quantitative estimate of drug-likeness (QED) is 0.552. The van der Waals surface area contributed by atoms with Gasteiger partial charge in [0.15, 0.2) is 0 Å². The molecule has 86 valence electrons. The summed E-state index contributed by atoms with van der Waals surface area (Å²) in [5.74, 6) is 0. The lowest BCUT2D eigenvalue weighted by molar-refractivity contribution is 0.0409. The molecule has 0 aliphatic rings. The van der Waals surface area contributed by atoms with Crippen molar-refractivity contribution in [1.29, 1.82) is 0 Å². The average Bonchev–Trinajstić information content (AvgIpc) is 2.13. The summed E-state index contributed by atoms with van der Waals surface area (Å²) < 4.78 is 10.1. The van der Waals surface area contributed by atoms with E-state index in [1.54, 1.807) is 7.11 Å². The van der Waals surface area contributed by atoms with Gasteiger partial charge in [-0.05, 0) is 20.4 Å². The van der Waals surface area contributed by atoms with E-state index in [1.165, 1.54) is 0 Å². The highest BCUT2D eigenvalue weighted by atomic mass is 16.5. The van der Waals surface area contributed by atoms with Crippen molar-refractivity contribution in [2.24, 2.45) is 0 Å². The number of methoxy groups -OCH3 is 1. The van der Waals surface area contributed by atoms with E-state index in [1.807, 2.05) is 14.0 Å². The molecule has 0 radical (unpaired) electrons. The third kappa shape index (κ3) is 8.44. The van der Waals surface area contributed by atoms with Crippen molar-refractivity contribution in [1.82, 2.24) is 4.90 Å². The highest BCUT2D eigenvalue weighted by Crippen LogP contribution is 1.93. The summed E-state index contributed by atoms with van der Waals surface area (Å²) in [6, 6.07) is 0. The zero-order valence-electron chi connectivity index (χ0n) is 9.53. The smallest absolute Gasteiger partial charge is 0.0899 e. The van der Waals surface area contributed by atoms with Crippen LogP contribution in [0.2, 0.25) is 0 Å². The number of hydrogen-bond acceptors (Lipinski definition) is 4. The van der Waals surface area contributed by atoms with Gasteiger partial charge >= 0.3 is 0 Å². The van der Waals surface area contributed by atoms with Gasteiger partial charge in [-0.1, -0.05) is 0 Å². The molecule has 0 aromatic heterocycles. The van der Waals surface area contributed by atoms with Gasteiger partial charge in [0.05, 0.1) is 12.7 Å². The molecule has 14 heavy (non-hydrogen) atoms. The van der Waals surface area contributed by atoms with Crippen LogP contribution in [-0.2, 0) is 9.47 Å². The fraction of sp³-hybridized carbons (Fsp3) is 1.00. The number of rotatable bonds is 9. The van der Waals surface area contributed by atoms with E-state index >= 15 is 0 Å². The Morgan fingerprint density at radius 2 is 2.14 bits per heavy atom. The number of aliphatic hydroxyl groups excluding tert-OH is 1. The van der Waals surface area contributed by atoms with Gasteiger partial charge in [0, 0.05) is 33.4 Å². The first-order valence-corrected chi connectivity index (χ1v) is 5.14. The van der Waals surface area contributed by atoms with Crippen LogP contribution in [0.5, 0.6) is 0 Å². The normalized spacial score (nSPS) is 13.5. The fourth-order valence-corrected chi connectivity index (χ4v) is 1.28. The van der Waals surface area contributed by atoms with Crippen molar-refractivity contribution < 1.29 is 14.6 Å². The van der Waals surface area contributed by atoms with Gasteiger partial charge in [-0.15, -0.1) is 0 Å². The second-order valence-corrected chi connectivity index (χ2v) is 3.42. The summed E-state index contributed by atoms with van der Waals surface area (Å²) in [4.78, 5) is 2.09. The van der Waals surface area contributed by atoms with E-state index in [2.05, 4.69) is 4.90 Å². The van der Waals surface area contributed by atoms with Crippen molar-refractivity contribution in [3.63, 3.8) is 0 Å². The maximum atomic E-state index is 9.42. The lowest BCUT2D eigenvalue weighted by Gasteiger charge is -2.19. The SMILES string of the molecule is CCOCCCN(C)CC(O)COC. The molecule has 0 aliphatic heterocycles. The standard InChI is InChI=1S/C10H23NO3/c1-4-14-7-5-6-11(2)8-10(12)9-13-3/h10,12H,4-9H2,1-3H3. The van der Waals surface area contributed by atoms with Crippen LogP contribution in [-0.4, -0.2) is 63.2 Å². The van der Waals surface area contributed by atoms with Crippen LogP contribution < -0.4 is 0 Å². The van der Waals surface area contributed by atoms with Crippen molar-refractivity contribution in [3.8, 4) is 0 Å². The lowest BCUT2D eigenvalue weighted by Crippen LogP contribution is -2.32. The molecule has 1 unspecified atom stereocenters. The Morgan fingerprint density at radius 3 is 2.71 bits per heavy atom. The van der Waals surface area contributed by atoms with Crippen LogP contribution in [0, 0.1) is 0 Å². The minimum atomic E-state index is -0.392. The van der Waals surface area contributed by atoms with Crippen molar-refractivity contribution in [2.45, 2.75) is 19.4 Å². The zero-order valence-corrected chi connectivity index (χ0v) is 9.53. The number of likely N-dealkylation sites (N-methyl/N-ethyl adjacent to an activating group) is 1. The first-order valence-electron chi connectivity index (χ1n) is 5.14. The topological polar surface area (TPSA) is 41.9 Å². The molecule has 0 fully saturated rings. The van der Waals surface area contributed by atoms with Gasteiger partial charge in [-0.3, -0.25) is 0 Å². The Hall–Kier alpha value is -0.160. The molecule has 4 nitrogen and oxygen atoms in total. The van der Waals surface area contributed by atoms with Gasteiger partial charge in [-0.2, -0.15) is 0 Å². The summed E-state index contributed by atoms with van der Waals surface area (Å²) in [6.07, 6.45) is 0.612. The Bertz CT molecular complexity index is 122. The molecule has 0 aromatic carbocycles. The Morgan fingerprint density at radius 1 is 1.43 bits per heavy atom. The third-order valence-corrected chi connectivity index (χ3v) is 1.91. The molecule has 0 heterocycles. The van der Waals surface area contributed by atoms with Gasteiger partial charge in [0.2, 0.25) is 0 Å². The first kappa shape index (κ1) is 13.8. The summed E-state index contributed by atoms with van der Waals surface area (Å²) in [6.45, 7) is 5.56. The Balaban J connectivity index is 3.30. The minimum Gasteiger partial charge on any atom is -0.389 e. The van der Waals surface area contributed by atoms with Crippen LogP contribution in [0.25, 0.3) is 0 Å². The van der Waals surface area contributed by atoms with Crippen molar-refractivity contribution in [3.05, 3.63) is 0 Å². The van der Waals surface area contributed by atoms with Crippen LogP contribution in [0.3, 0.4) is 0 Å². The molecule has 0 saturated carbocycles. The maximum Gasteiger partial charge on any atom is 0.0899 e. The molecule has 1 N–H and O–H groups in total. The van der Waals surface area contributed by atoms with Crippen LogP contribution in [0.15, 0.2) is 0 Å². The molecule has 0 aliphatic carbocycles. The molecule has 0 rings (SSSR count). The summed E-state index contributed by atoms with van der Waals surface area (Å²) >= 11 is 0. The first-order chi connectivity index (χ1) is 6.70. The fourth-order valence-electron chi connectivity index (χ4n) is 1.28. The minimum absolute atomic E-state index is 0.392.